The Hall–Kier alpha value is -0.570. The van der Waals surface area contributed by atoms with Gasteiger partial charge in [-0.15, -0.1) is 0 Å². The summed E-state index contributed by atoms with van der Waals surface area (Å²) in [4.78, 5) is 4.00. The van der Waals surface area contributed by atoms with Crippen LogP contribution in [0.2, 0.25) is 0 Å². The monoisotopic (exact) mass is 255 g/mol. The highest BCUT2D eigenvalue weighted by molar-refractivity contribution is 9.10. The molecule has 0 aromatic carbocycles. The molecule has 14 heavy (non-hydrogen) atoms. The second-order valence-corrected chi connectivity index (χ2v) is 4.62. The molecule has 3 heteroatoms. The summed E-state index contributed by atoms with van der Waals surface area (Å²) in [5.74, 6) is 1.67. The molecule has 0 unspecified atom stereocenters. The quantitative estimate of drug-likeness (QED) is 0.826. The van der Waals surface area contributed by atoms with Gasteiger partial charge in [0.05, 0.1) is 11.1 Å². The zero-order valence-electron chi connectivity index (χ0n) is 8.08. The van der Waals surface area contributed by atoms with E-state index in [1.54, 1.807) is 12.4 Å². The number of hydrogen-bond acceptors (Lipinski definition) is 2. The maximum absolute atomic E-state index is 5.73. The van der Waals surface area contributed by atoms with Crippen LogP contribution in [0.1, 0.15) is 25.7 Å². The molecule has 1 fully saturated rings. The van der Waals surface area contributed by atoms with Gasteiger partial charge in [-0.3, -0.25) is 4.98 Å². The SMILES string of the molecule is Brc1cnccc1OCC1CCCC1. The van der Waals surface area contributed by atoms with Crippen LogP contribution >= 0.6 is 15.9 Å². The fourth-order valence-corrected chi connectivity index (χ4v) is 2.23. The van der Waals surface area contributed by atoms with Gasteiger partial charge in [-0.05, 0) is 40.8 Å². The maximum Gasteiger partial charge on any atom is 0.136 e. The van der Waals surface area contributed by atoms with Crippen LogP contribution in [-0.2, 0) is 0 Å². The maximum atomic E-state index is 5.73. The lowest BCUT2D eigenvalue weighted by atomic mass is 10.1. The third-order valence-electron chi connectivity index (χ3n) is 2.68. The normalized spacial score (nSPS) is 17.2. The van der Waals surface area contributed by atoms with Gasteiger partial charge >= 0.3 is 0 Å². The predicted octanol–water partition coefficient (Wildman–Crippen LogP) is 3.41. The molecule has 1 saturated carbocycles. The summed E-state index contributed by atoms with van der Waals surface area (Å²) in [5.41, 5.74) is 0. The van der Waals surface area contributed by atoms with Crippen molar-refractivity contribution >= 4 is 15.9 Å². The van der Waals surface area contributed by atoms with Gasteiger partial charge in [-0.1, -0.05) is 12.8 Å². The fraction of sp³-hybridized carbons (Fsp3) is 0.545. The highest BCUT2D eigenvalue weighted by atomic mass is 79.9. The van der Waals surface area contributed by atoms with Gasteiger partial charge in [0.2, 0.25) is 0 Å². The highest BCUT2D eigenvalue weighted by Crippen LogP contribution is 2.28. The number of pyridine rings is 1. The topological polar surface area (TPSA) is 22.1 Å². The Bertz CT molecular complexity index is 297. The molecule has 1 heterocycles. The van der Waals surface area contributed by atoms with E-state index in [0.717, 1.165) is 22.7 Å². The molecule has 1 aromatic rings. The molecule has 0 atom stereocenters. The minimum atomic E-state index is 0.759. The molecule has 0 radical (unpaired) electrons. The van der Waals surface area contributed by atoms with Crippen LogP contribution in [0, 0.1) is 5.92 Å². The van der Waals surface area contributed by atoms with Crippen LogP contribution < -0.4 is 4.74 Å². The van der Waals surface area contributed by atoms with E-state index in [9.17, 15) is 0 Å². The van der Waals surface area contributed by atoms with E-state index in [-0.39, 0.29) is 0 Å². The molecule has 2 rings (SSSR count). The summed E-state index contributed by atoms with van der Waals surface area (Å²) in [5, 5.41) is 0. The highest BCUT2D eigenvalue weighted by Gasteiger charge is 2.15. The van der Waals surface area contributed by atoms with Gasteiger partial charge in [-0.2, -0.15) is 0 Å². The van der Waals surface area contributed by atoms with Crippen LogP contribution in [0.4, 0.5) is 0 Å². The van der Waals surface area contributed by atoms with Crippen molar-refractivity contribution in [3.63, 3.8) is 0 Å². The van der Waals surface area contributed by atoms with E-state index in [0.29, 0.717) is 0 Å². The second kappa shape index (κ2) is 4.78. The number of halogens is 1. The van der Waals surface area contributed by atoms with Crippen molar-refractivity contribution in [1.29, 1.82) is 0 Å². The van der Waals surface area contributed by atoms with Gasteiger partial charge < -0.3 is 4.74 Å². The van der Waals surface area contributed by atoms with E-state index in [4.69, 9.17) is 4.74 Å². The van der Waals surface area contributed by atoms with Crippen LogP contribution in [0.15, 0.2) is 22.9 Å². The summed E-state index contributed by atoms with van der Waals surface area (Å²) in [6.45, 7) is 0.850. The van der Waals surface area contributed by atoms with Crippen molar-refractivity contribution < 1.29 is 4.74 Å². The first-order valence-corrected chi connectivity index (χ1v) is 5.88. The van der Waals surface area contributed by atoms with E-state index in [2.05, 4.69) is 20.9 Å². The Balaban J connectivity index is 1.88. The second-order valence-electron chi connectivity index (χ2n) is 3.77. The summed E-state index contributed by atoms with van der Waals surface area (Å²) >= 11 is 3.42. The molecule has 0 spiro atoms. The molecule has 0 N–H and O–H groups in total. The zero-order chi connectivity index (χ0) is 9.80. The largest absolute Gasteiger partial charge is 0.492 e. The third-order valence-corrected chi connectivity index (χ3v) is 3.28. The lowest BCUT2D eigenvalue weighted by Crippen LogP contribution is -2.08. The van der Waals surface area contributed by atoms with E-state index >= 15 is 0 Å². The molecule has 76 valence electrons. The average molecular weight is 256 g/mol. The van der Waals surface area contributed by atoms with Gasteiger partial charge in [0.25, 0.3) is 0 Å². The van der Waals surface area contributed by atoms with E-state index in [1.807, 2.05) is 6.07 Å². The average Bonchev–Trinajstić information content (AvgIpc) is 2.69. The minimum absolute atomic E-state index is 0.759. The Kier molecular flexibility index (Phi) is 3.40. The molecule has 0 aliphatic heterocycles. The zero-order valence-corrected chi connectivity index (χ0v) is 9.66. The van der Waals surface area contributed by atoms with Crippen LogP contribution in [0.5, 0.6) is 5.75 Å². The smallest absolute Gasteiger partial charge is 0.136 e. The molecular weight excluding hydrogens is 242 g/mol. The van der Waals surface area contributed by atoms with Crippen LogP contribution in [0.3, 0.4) is 0 Å². The molecule has 0 saturated heterocycles. The first-order valence-electron chi connectivity index (χ1n) is 5.08. The first-order chi connectivity index (χ1) is 6.86. The van der Waals surface area contributed by atoms with Crippen molar-refractivity contribution in [2.24, 2.45) is 5.92 Å². The predicted molar refractivity (Wildman–Crippen MR) is 59.4 cm³/mol. The summed E-state index contributed by atoms with van der Waals surface area (Å²) in [6, 6.07) is 1.90. The van der Waals surface area contributed by atoms with Crippen molar-refractivity contribution in [3.8, 4) is 5.75 Å². The summed E-state index contributed by atoms with van der Waals surface area (Å²) in [6.07, 6.45) is 8.90. The van der Waals surface area contributed by atoms with Crippen LogP contribution in [-0.4, -0.2) is 11.6 Å². The molecule has 0 amide bonds. The lowest BCUT2D eigenvalue weighted by Gasteiger charge is -2.11. The van der Waals surface area contributed by atoms with Crippen molar-refractivity contribution in [2.75, 3.05) is 6.61 Å². The molecule has 1 aliphatic rings. The Morgan fingerprint density at radius 2 is 2.21 bits per heavy atom. The molecule has 0 bridgehead atoms. The summed E-state index contributed by atoms with van der Waals surface area (Å²) < 4.78 is 6.68. The number of aromatic nitrogens is 1. The Morgan fingerprint density at radius 1 is 1.43 bits per heavy atom. The lowest BCUT2D eigenvalue weighted by molar-refractivity contribution is 0.250. The van der Waals surface area contributed by atoms with Gasteiger partial charge in [0.1, 0.15) is 5.75 Å². The molecule has 1 aliphatic carbocycles. The fourth-order valence-electron chi connectivity index (χ4n) is 1.86. The number of rotatable bonds is 3. The van der Waals surface area contributed by atoms with Gasteiger partial charge in [-0.25, -0.2) is 0 Å². The third kappa shape index (κ3) is 2.47. The van der Waals surface area contributed by atoms with Gasteiger partial charge in [0, 0.05) is 12.4 Å². The van der Waals surface area contributed by atoms with Crippen molar-refractivity contribution in [3.05, 3.63) is 22.9 Å². The molecule has 1 aromatic heterocycles. The van der Waals surface area contributed by atoms with Crippen LogP contribution in [0.25, 0.3) is 0 Å². The van der Waals surface area contributed by atoms with Gasteiger partial charge in [0.15, 0.2) is 0 Å². The number of nitrogens with zero attached hydrogens (tertiary/aromatic N) is 1. The van der Waals surface area contributed by atoms with E-state index < -0.39 is 0 Å². The van der Waals surface area contributed by atoms with Crippen molar-refractivity contribution in [1.82, 2.24) is 4.98 Å². The van der Waals surface area contributed by atoms with Crippen molar-refractivity contribution in [2.45, 2.75) is 25.7 Å². The Morgan fingerprint density at radius 3 is 2.93 bits per heavy atom. The molecular formula is C11H14BrNO. The number of hydrogen-bond donors (Lipinski definition) is 0. The standard InChI is InChI=1S/C11H14BrNO/c12-10-7-13-6-5-11(10)14-8-9-3-1-2-4-9/h5-7,9H,1-4,8H2. The molecule has 2 nitrogen and oxygen atoms in total. The van der Waals surface area contributed by atoms with E-state index in [1.165, 1.54) is 25.7 Å². The first kappa shape index (κ1) is 9.97. The number of ether oxygens (including phenoxy) is 1. The summed E-state index contributed by atoms with van der Waals surface area (Å²) in [7, 11) is 0. The Labute approximate surface area is 92.8 Å². The minimum Gasteiger partial charge on any atom is -0.492 e.